The lowest BCUT2D eigenvalue weighted by molar-refractivity contribution is -0.995. The number of hydrogen-bond donors (Lipinski definition) is 5. The van der Waals surface area contributed by atoms with Gasteiger partial charge in [0.05, 0.1) is 12.4 Å². The van der Waals surface area contributed by atoms with E-state index in [1.54, 1.807) is 6.20 Å². The van der Waals surface area contributed by atoms with E-state index in [4.69, 9.17) is 10.4 Å². The number of imidazole rings is 2. The van der Waals surface area contributed by atoms with E-state index in [0.29, 0.717) is 19.5 Å². The maximum Gasteiger partial charge on any atom is 0.340 e. The number of aryl methyl sites for hydroxylation is 2. The molecule has 2 aromatic rings. The molecule has 5 N–H and O–H groups in total. The smallest absolute Gasteiger partial charge is 0.340 e. The lowest BCUT2D eigenvalue weighted by Gasteiger charge is -2.13. The number of carbonyl (C=O) groups is 1. The zero-order valence-corrected chi connectivity index (χ0v) is 12.8. The van der Waals surface area contributed by atoms with Crippen molar-refractivity contribution in [3.8, 4) is 0 Å². The molecule has 2 atom stereocenters. The molecule has 2 unspecified atom stereocenters. The van der Waals surface area contributed by atoms with Gasteiger partial charge in [-0.05, 0) is 6.42 Å². The quantitative estimate of drug-likeness (QED) is 0.248. The molecule has 132 valence electrons. The summed E-state index contributed by atoms with van der Waals surface area (Å²) >= 11 is 0. The van der Waals surface area contributed by atoms with Crippen molar-refractivity contribution in [2.45, 2.75) is 25.9 Å². The molecule has 0 aliphatic heterocycles. The number of nitrogens with one attached hydrogen (secondary N) is 3. The Labute approximate surface area is 136 Å². The minimum Gasteiger partial charge on any atom is -0.592 e. The molecular weight excluding hydrogens is 322 g/mol. The molecule has 0 aliphatic carbocycles. The molecule has 0 aromatic carbocycles. The first-order chi connectivity index (χ1) is 11.5. The van der Waals surface area contributed by atoms with Crippen LogP contribution in [0.3, 0.4) is 0 Å². The van der Waals surface area contributed by atoms with Crippen LogP contribution >= 0.6 is 0 Å². The highest BCUT2D eigenvalue weighted by atomic mass is 16.8. The predicted molar refractivity (Wildman–Crippen MR) is 78.3 cm³/mol. The Hall–Kier alpha value is -2.35. The molecule has 0 aliphatic rings. The van der Waals surface area contributed by atoms with Crippen LogP contribution in [0.2, 0.25) is 0 Å². The third kappa shape index (κ3) is 4.82. The summed E-state index contributed by atoms with van der Waals surface area (Å²) in [5, 5.41) is 40.1. The summed E-state index contributed by atoms with van der Waals surface area (Å²) in [6.07, 6.45) is 6.52. The molecule has 0 saturated carbocycles. The number of amides is 1. The van der Waals surface area contributed by atoms with Crippen LogP contribution < -0.4 is 15.8 Å². The Morgan fingerprint density at radius 3 is 2.17 bits per heavy atom. The minimum atomic E-state index is -1.14. The Morgan fingerprint density at radius 2 is 1.62 bits per heavy atom. The SMILES string of the molecule is O=C(CCn1ccnc1[NH+]([O-])O)NCCCn1ccnc1[NH+]([O-])O. The highest BCUT2D eigenvalue weighted by molar-refractivity contribution is 5.75. The fourth-order valence-corrected chi connectivity index (χ4v) is 2.16. The van der Waals surface area contributed by atoms with Gasteiger partial charge < -0.3 is 15.7 Å². The molecular formula is C12H19N7O5. The van der Waals surface area contributed by atoms with E-state index in [1.165, 1.54) is 27.7 Å². The van der Waals surface area contributed by atoms with Gasteiger partial charge in [-0.25, -0.2) is 10.4 Å². The lowest BCUT2D eigenvalue weighted by atomic mass is 10.3. The van der Waals surface area contributed by atoms with Crippen molar-refractivity contribution in [2.75, 3.05) is 6.54 Å². The zero-order valence-electron chi connectivity index (χ0n) is 12.8. The van der Waals surface area contributed by atoms with Crippen LogP contribution in [0.1, 0.15) is 12.8 Å². The number of hydrogen-bond acceptors (Lipinski definition) is 7. The second kappa shape index (κ2) is 8.49. The Kier molecular flexibility index (Phi) is 6.36. The fraction of sp³-hybridized carbons (Fsp3) is 0.417. The topological polar surface area (TPSA) is 160 Å². The van der Waals surface area contributed by atoms with Crippen molar-refractivity contribution in [1.82, 2.24) is 24.4 Å². The van der Waals surface area contributed by atoms with Crippen molar-refractivity contribution in [3.63, 3.8) is 0 Å². The Balaban J connectivity index is 1.68. The van der Waals surface area contributed by atoms with Crippen LogP contribution in [0.25, 0.3) is 0 Å². The third-order valence-corrected chi connectivity index (χ3v) is 3.29. The molecule has 24 heavy (non-hydrogen) atoms. The molecule has 2 rings (SSSR count). The average molecular weight is 341 g/mol. The first-order valence-corrected chi connectivity index (χ1v) is 7.24. The molecule has 12 nitrogen and oxygen atoms in total. The van der Waals surface area contributed by atoms with Crippen LogP contribution in [0.4, 0.5) is 11.9 Å². The monoisotopic (exact) mass is 341 g/mol. The van der Waals surface area contributed by atoms with E-state index in [2.05, 4.69) is 15.3 Å². The van der Waals surface area contributed by atoms with Gasteiger partial charge in [-0.3, -0.25) is 13.9 Å². The summed E-state index contributed by atoms with van der Waals surface area (Å²) in [5.41, 5.74) is 0. The molecule has 2 aromatic heterocycles. The highest BCUT2D eigenvalue weighted by Crippen LogP contribution is 2.01. The molecule has 0 fully saturated rings. The summed E-state index contributed by atoms with van der Waals surface area (Å²) in [5.74, 6) is -0.365. The summed E-state index contributed by atoms with van der Waals surface area (Å²) < 4.78 is 2.89. The third-order valence-electron chi connectivity index (χ3n) is 3.29. The van der Waals surface area contributed by atoms with Gasteiger partial charge in [0.15, 0.2) is 0 Å². The van der Waals surface area contributed by atoms with Gasteiger partial charge in [-0.15, -0.1) is 0 Å². The van der Waals surface area contributed by atoms with Crippen molar-refractivity contribution in [3.05, 3.63) is 35.2 Å². The molecule has 1 amide bonds. The predicted octanol–water partition coefficient (Wildman–Crippen LogP) is -2.52. The van der Waals surface area contributed by atoms with Crippen LogP contribution in [-0.2, 0) is 17.9 Å². The Morgan fingerprint density at radius 1 is 1.08 bits per heavy atom. The number of nitrogens with zero attached hydrogens (tertiary/aromatic N) is 4. The maximum absolute atomic E-state index is 11.8. The van der Waals surface area contributed by atoms with Crippen molar-refractivity contribution >= 4 is 17.8 Å². The van der Waals surface area contributed by atoms with E-state index < -0.39 is 10.5 Å². The normalized spacial score (nSPS) is 13.7. The number of aromatic nitrogens is 4. The second-order valence-electron chi connectivity index (χ2n) is 4.95. The van der Waals surface area contributed by atoms with Crippen LogP contribution in [0, 0.1) is 10.4 Å². The Bertz CT molecular complexity index is 654. The maximum atomic E-state index is 11.8. The van der Waals surface area contributed by atoms with Crippen LogP contribution in [-0.4, -0.2) is 42.0 Å². The number of carbonyl (C=O) groups excluding carboxylic acids is 1. The highest BCUT2D eigenvalue weighted by Gasteiger charge is 2.11. The summed E-state index contributed by atoms with van der Waals surface area (Å²) in [7, 11) is 0. The lowest BCUT2D eigenvalue weighted by Crippen LogP contribution is -3.00. The van der Waals surface area contributed by atoms with E-state index in [0.717, 1.165) is 0 Å². The van der Waals surface area contributed by atoms with E-state index in [-0.39, 0.29) is 30.8 Å². The molecule has 2 heterocycles. The zero-order chi connectivity index (χ0) is 17.5. The van der Waals surface area contributed by atoms with Gasteiger partial charge in [0.25, 0.3) is 0 Å². The second-order valence-corrected chi connectivity index (χ2v) is 4.95. The molecule has 0 spiro atoms. The van der Waals surface area contributed by atoms with Crippen LogP contribution in [0.15, 0.2) is 24.8 Å². The summed E-state index contributed by atoms with van der Waals surface area (Å²) in [4.78, 5) is 19.2. The molecule has 0 saturated heterocycles. The first-order valence-electron chi connectivity index (χ1n) is 7.24. The van der Waals surface area contributed by atoms with E-state index >= 15 is 0 Å². The molecule has 12 heteroatoms. The van der Waals surface area contributed by atoms with Crippen molar-refractivity contribution in [1.29, 1.82) is 0 Å². The molecule has 0 bridgehead atoms. The fourth-order valence-electron chi connectivity index (χ4n) is 2.16. The van der Waals surface area contributed by atoms with Gasteiger partial charge in [0, 0.05) is 38.4 Å². The van der Waals surface area contributed by atoms with Gasteiger partial charge in [0.2, 0.25) is 5.91 Å². The van der Waals surface area contributed by atoms with Gasteiger partial charge >= 0.3 is 11.9 Å². The average Bonchev–Trinajstić information content (AvgIpc) is 3.18. The number of rotatable bonds is 9. The van der Waals surface area contributed by atoms with Gasteiger partial charge in [-0.2, -0.15) is 20.4 Å². The summed E-state index contributed by atoms with van der Waals surface area (Å²) in [6, 6.07) is 0. The minimum absolute atomic E-state index is 0.0392. The molecule has 0 radical (unpaired) electrons. The van der Waals surface area contributed by atoms with E-state index in [9.17, 15) is 15.2 Å². The number of quaternary nitrogens is 2. The van der Waals surface area contributed by atoms with Gasteiger partial charge in [-0.1, -0.05) is 0 Å². The van der Waals surface area contributed by atoms with E-state index in [1.807, 2.05) is 0 Å². The van der Waals surface area contributed by atoms with Crippen LogP contribution in [0.5, 0.6) is 0 Å². The van der Waals surface area contributed by atoms with Gasteiger partial charge in [0.1, 0.15) is 0 Å². The first kappa shape index (κ1) is 18.0. The van der Waals surface area contributed by atoms with Crippen molar-refractivity contribution < 1.29 is 25.7 Å². The van der Waals surface area contributed by atoms with Crippen molar-refractivity contribution in [2.24, 2.45) is 0 Å². The largest absolute Gasteiger partial charge is 0.592 e. The standard InChI is InChI=1S/C12H19N7O5/c20-10(2-7-17-9-5-15-12(17)19(23)24)13-3-1-6-16-8-4-14-11(16)18(21)22/h4-5,8-9,18-19,21,23H,1-3,6-7H2,(H,13,20). The summed E-state index contributed by atoms with van der Waals surface area (Å²) in [6.45, 7) is 1.02.